The quantitative estimate of drug-likeness (QED) is 0.672. The number of benzene rings is 1. The van der Waals surface area contributed by atoms with E-state index in [-0.39, 0.29) is 23.3 Å². The van der Waals surface area contributed by atoms with Crippen molar-refractivity contribution in [2.24, 2.45) is 0 Å². The van der Waals surface area contributed by atoms with E-state index in [2.05, 4.69) is 10.3 Å². The second-order valence-electron chi connectivity index (χ2n) is 6.04. The molecule has 0 spiro atoms. The maximum Gasteiger partial charge on any atom is 0.417 e. The smallest absolute Gasteiger partial charge is 0.350 e. The van der Waals surface area contributed by atoms with E-state index in [1.54, 1.807) is 30.5 Å². The maximum absolute atomic E-state index is 12.8. The summed E-state index contributed by atoms with van der Waals surface area (Å²) in [6, 6.07) is 5.11. The van der Waals surface area contributed by atoms with Gasteiger partial charge in [-0.2, -0.15) is 13.2 Å². The van der Waals surface area contributed by atoms with Crippen LogP contribution in [0.3, 0.4) is 0 Å². The number of aromatic nitrogens is 1. The van der Waals surface area contributed by atoms with Crippen LogP contribution in [-0.4, -0.2) is 16.9 Å². The number of nitrogens with zero attached hydrogens (tertiary/aromatic N) is 2. The monoisotopic (exact) mass is 449 g/mol. The van der Waals surface area contributed by atoms with E-state index < -0.39 is 17.8 Å². The zero-order valence-electron chi connectivity index (χ0n) is 14.1. The zero-order valence-corrected chi connectivity index (χ0v) is 16.4. The largest absolute Gasteiger partial charge is 0.417 e. The number of amides is 1. The number of anilines is 1. The lowest BCUT2D eigenvalue weighted by molar-refractivity contribution is -0.137. The number of carbonyl (C=O) groups excluding carboxylic acids is 1. The van der Waals surface area contributed by atoms with Gasteiger partial charge in [0.05, 0.1) is 20.6 Å². The van der Waals surface area contributed by atoms with Gasteiger partial charge < -0.3 is 10.2 Å². The van der Waals surface area contributed by atoms with Gasteiger partial charge in [0.1, 0.15) is 6.04 Å². The molecule has 1 atom stereocenters. The van der Waals surface area contributed by atoms with Crippen LogP contribution in [0.15, 0.2) is 42.7 Å². The molecule has 148 valence electrons. The van der Waals surface area contributed by atoms with Crippen LogP contribution < -0.4 is 10.2 Å². The summed E-state index contributed by atoms with van der Waals surface area (Å²) in [4.78, 5) is 17.8. The highest BCUT2D eigenvalue weighted by atomic mass is 35.5. The second-order valence-corrected chi connectivity index (χ2v) is 7.26. The van der Waals surface area contributed by atoms with Crippen LogP contribution >= 0.6 is 34.8 Å². The Morgan fingerprint density at radius 1 is 1.18 bits per heavy atom. The number of halogens is 6. The Labute approximate surface area is 173 Å². The van der Waals surface area contributed by atoms with Crippen LogP contribution in [0.4, 0.5) is 19.0 Å². The van der Waals surface area contributed by atoms with Crippen molar-refractivity contribution in [3.8, 4) is 0 Å². The van der Waals surface area contributed by atoms with Crippen LogP contribution in [-0.2, 0) is 17.5 Å². The van der Waals surface area contributed by atoms with Crippen molar-refractivity contribution in [1.29, 1.82) is 0 Å². The number of rotatable bonds is 4. The molecule has 2 aromatic rings. The van der Waals surface area contributed by atoms with E-state index in [9.17, 15) is 18.0 Å². The van der Waals surface area contributed by atoms with E-state index in [4.69, 9.17) is 34.8 Å². The molecule has 0 saturated carbocycles. The molecular formula is C18H13Cl3F3N3O. The maximum atomic E-state index is 12.8. The minimum Gasteiger partial charge on any atom is -0.350 e. The van der Waals surface area contributed by atoms with E-state index in [1.165, 1.54) is 4.90 Å². The van der Waals surface area contributed by atoms with Gasteiger partial charge in [0.25, 0.3) is 0 Å². The number of hydrogen-bond donors (Lipinski definition) is 1. The molecule has 1 aromatic heterocycles. The first-order valence-corrected chi connectivity index (χ1v) is 9.19. The van der Waals surface area contributed by atoms with Gasteiger partial charge in [0.15, 0.2) is 5.82 Å². The summed E-state index contributed by atoms with van der Waals surface area (Å²) in [6.45, 7) is 0.217. The average Bonchev–Trinajstić information content (AvgIpc) is 3.11. The van der Waals surface area contributed by atoms with Crippen LogP contribution in [0.2, 0.25) is 15.1 Å². The number of nitrogens with one attached hydrogen (secondary N) is 1. The molecule has 0 radical (unpaired) electrons. The number of pyridine rings is 1. The van der Waals surface area contributed by atoms with Crippen molar-refractivity contribution in [3.05, 3.63) is 68.9 Å². The van der Waals surface area contributed by atoms with E-state index in [0.717, 1.165) is 11.6 Å². The molecule has 4 nitrogen and oxygen atoms in total. The number of alkyl halides is 3. The molecule has 1 aliphatic rings. The summed E-state index contributed by atoms with van der Waals surface area (Å²) in [7, 11) is 0. The highest BCUT2D eigenvalue weighted by Gasteiger charge is 2.34. The van der Waals surface area contributed by atoms with E-state index in [1.807, 2.05) is 0 Å². The highest BCUT2D eigenvalue weighted by molar-refractivity contribution is 6.42. The van der Waals surface area contributed by atoms with Gasteiger partial charge in [-0.05, 0) is 30.2 Å². The Morgan fingerprint density at radius 2 is 1.93 bits per heavy atom. The van der Waals surface area contributed by atoms with Gasteiger partial charge in [-0.1, -0.05) is 46.9 Å². The third kappa shape index (κ3) is 4.54. The summed E-state index contributed by atoms with van der Waals surface area (Å²) in [5.74, 6) is -0.244. The molecular weight excluding hydrogens is 438 g/mol. The summed E-state index contributed by atoms with van der Waals surface area (Å²) in [5, 5.41) is 3.36. The highest BCUT2D eigenvalue weighted by Crippen LogP contribution is 2.35. The first kappa shape index (κ1) is 20.8. The Kier molecular flexibility index (Phi) is 6.07. The van der Waals surface area contributed by atoms with E-state index in [0.29, 0.717) is 22.7 Å². The van der Waals surface area contributed by atoms with Gasteiger partial charge in [-0.15, -0.1) is 0 Å². The van der Waals surface area contributed by atoms with Crippen LogP contribution in [0, 0.1) is 0 Å². The molecule has 1 unspecified atom stereocenters. The molecule has 1 amide bonds. The van der Waals surface area contributed by atoms with Gasteiger partial charge in [0, 0.05) is 18.9 Å². The predicted octanol–water partition coefficient (Wildman–Crippen LogP) is 5.47. The predicted molar refractivity (Wildman–Crippen MR) is 103 cm³/mol. The Morgan fingerprint density at radius 3 is 2.57 bits per heavy atom. The minimum absolute atomic E-state index is 0.0816. The van der Waals surface area contributed by atoms with Crippen molar-refractivity contribution in [1.82, 2.24) is 10.3 Å². The third-order valence-electron chi connectivity index (χ3n) is 4.11. The SMILES string of the molecule is O=C(NCc1ccc(Cl)c(Cl)c1)C1CC=CN1c1ncc(C(F)(F)F)cc1Cl. The molecule has 0 bridgehead atoms. The minimum atomic E-state index is -4.55. The molecule has 0 saturated heterocycles. The van der Waals surface area contributed by atoms with Gasteiger partial charge in [-0.25, -0.2) is 4.98 Å². The van der Waals surface area contributed by atoms with Crippen molar-refractivity contribution < 1.29 is 18.0 Å². The van der Waals surface area contributed by atoms with Crippen molar-refractivity contribution in [2.45, 2.75) is 25.2 Å². The van der Waals surface area contributed by atoms with Gasteiger partial charge in [0.2, 0.25) is 5.91 Å². The molecule has 0 fully saturated rings. The molecule has 1 aliphatic heterocycles. The molecule has 10 heteroatoms. The average molecular weight is 451 g/mol. The van der Waals surface area contributed by atoms with Crippen LogP contribution in [0.5, 0.6) is 0 Å². The lowest BCUT2D eigenvalue weighted by Gasteiger charge is -2.25. The molecule has 1 N–H and O–H groups in total. The van der Waals surface area contributed by atoms with Crippen molar-refractivity contribution in [2.75, 3.05) is 4.90 Å². The Balaban J connectivity index is 1.72. The number of carbonyl (C=O) groups is 1. The molecule has 1 aromatic carbocycles. The summed E-state index contributed by atoms with van der Waals surface area (Å²) >= 11 is 17.8. The first-order valence-electron chi connectivity index (χ1n) is 8.06. The lowest BCUT2D eigenvalue weighted by atomic mass is 10.2. The number of hydrogen-bond acceptors (Lipinski definition) is 3. The van der Waals surface area contributed by atoms with Crippen molar-refractivity contribution >= 4 is 46.5 Å². The van der Waals surface area contributed by atoms with Crippen LogP contribution in [0.1, 0.15) is 17.5 Å². The Hall–Kier alpha value is -1.96. The fourth-order valence-corrected chi connectivity index (χ4v) is 3.29. The topological polar surface area (TPSA) is 45.2 Å². The van der Waals surface area contributed by atoms with Crippen molar-refractivity contribution in [3.63, 3.8) is 0 Å². The second kappa shape index (κ2) is 8.19. The van der Waals surface area contributed by atoms with Crippen LogP contribution in [0.25, 0.3) is 0 Å². The van der Waals surface area contributed by atoms with Gasteiger partial charge in [-0.3, -0.25) is 4.79 Å². The molecule has 3 rings (SSSR count). The normalized spacial score (nSPS) is 16.5. The summed E-state index contributed by atoms with van der Waals surface area (Å²) in [6.07, 6.45) is -0.194. The molecule has 2 heterocycles. The summed E-state index contributed by atoms with van der Waals surface area (Å²) < 4.78 is 38.4. The first-order chi connectivity index (χ1) is 13.2. The molecule has 0 aliphatic carbocycles. The lowest BCUT2D eigenvalue weighted by Crippen LogP contribution is -2.42. The Bertz CT molecular complexity index is 934. The van der Waals surface area contributed by atoms with E-state index >= 15 is 0 Å². The fourth-order valence-electron chi connectivity index (χ4n) is 2.70. The third-order valence-corrected chi connectivity index (χ3v) is 5.13. The van der Waals surface area contributed by atoms with Gasteiger partial charge >= 0.3 is 6.18 Å². The zero-order chi connectivity index (χ0) is 20.5. The fraction of sp³-hybridized carbons (Fsp3) is 0.222. The molecule has 28 heavy (non-hydrogen) atoms. The standard InChI is InChI=1S/C18H13Cl3F3N3O/c19-12-4-3-10(6-13(12)20)8-26-17(28)15-2-1-5-27(15)16-14(21)7-11(9-25-16)18(22,23)24/h1,3-7,9,15H,2,8H2,(H,26,28). The summed E-state index contributed by atoms with van der Waals surface area (Å²) in [5.41, 5.74) is -0.198.